The molecule has 2 aliphatic heterocycles. The number of benzene rings is 1. The molecule has 7 heteroatoms. The number of anilines is 1. The molecule has 132 valence electrons. The number of aromatic nitrogens is 2. The number of amidine groups is 1. The van der Waals surface area contributed by atoms with E-state index in [4.69, 9.17) is 11.5 Å². The minimum absolute atomic E-state index is 0.366. The molecule has 2 aliphatic rings. The molecule has 7 nitrogen and oxygen atoms in total. The average molecular weight is 339 g/mol. The number of rotatable bonds is 3. The Balaban J connectivity index is 1.59. The molecule has 0 bridgehead atoms. The molecule has 6 N–H and O–H groups in total. The normalized spacial score (nSPS) is 23.7. The maximum absolute atomic E-state index is 6.54. The van der Waals surface area contributed by atoms with Crippen LogP contribution in [0.15, 0.2) is 29.5 Å². The Morgan fingerprint density at radius 3 is 2.80 bits per heavy atom. The first-order valence-electron chi connectivity index (χ1n) is 8.84. The van der Waals surface area contributed by atoms with Crippen LogP contribution in [-0.4, -0.2) is 33.8 Å². The number of piperidine rings is 1. The van der Waals surface area contributed by atoms with Gasteiger partial charge in [-0.2, -0.15) is 0 Å². The van der Waals surface area contributed by atoms with E-state index in [2.05, 4.69) is 50.3 Å². The molecule has 0 radical (unpaired) electrons. The number of nitrogens with two attached hydrogens (primary N) is 2. The van der Waals surface area contributed by atoms with E-state index < -0.39 is 5.79 Å². The van der Waals surface area contributed by atoms with Crippen molar-refractivity contribution in [1.82, 2.24) is 14.9 Å². The Hall–Kier alpha value is -2.38. The summed E-state index contributed by atoms with van der Waals surface area (Å²) in [5, 5.41) is 3.20. The Kier molecular flexibility index (Phi) is 3.97. The third-order valence-corrected chi connectivity index (χ3v) is 5.06. The van der Waals surface area contributed by atoms with Crippen LogP contribution in [0.25, 0.3) is 0 Å². The molecule has 0 spiro atoms. The predicted octanol–water partition coefficient (Wildman–Crippen LogP) is 1.60. The molecular formula is C18H25N7. The number of aryl methyl sites for hydroxylation is 1. The van der Waals surface area contributed by atoms with Crippen molar-refractivity contribution < 1.29 is 0 Å². The molecule has 3 heterocycles. The first kappa shape index (κ1) is 16.1. The molecule has 1 saturated heterocycles. The highest BCUT2D eigenvalue weighted by molar-refractivity contribution is 6.01. The maximum atomic E-state index is 6.54. The van der Waals surface area contributed by atoms with Crippen LogP contribution >= 0.6 is 0 Å². The Morgan fingerprint density at radius 2 is 2.04 bits per heavy atom. The molecule has 1 fully saturated rings. The number of H-pyrrole nitrogens is 1. The van der Waals surface area contributed by atoms with E-state index >= 15 is 0 Å². The molecule has 0 aliphatic carbocycles. The molecule has 1 unspecified atom stereocenters. The van der Waals surface area contributed by atoms with Gasteiger partial charge in [-0.05, 0) is 44.0 Å². The number of hydrogen-bond acceptors (Lipinski definition) is 6. The highest BCUT2D eigenvalue weighted by Crippen LogP contribution is 2.30. The predicted molar refractivity (Wildman–Crippen MR) is 99.1 cm³/mol. The molecule has 1 aromatic heterocycles. The highest BCUT2D eigenvalue weighted by atomic mass is 15.3. The zero-order chi connectivity index (χ0) is 17.4. The second kappa shape index (κ2) is 6.16. The number of aromatic amines is 1. The SMILES string of the molecule is Cc1cc(CN2CCCCC2)ccc1C1(N)N=C(N)c2[nH]cnc2N1. The van der Waals surface area contributed by atoms with Crippen LogP contribution in [0.5, 0.6) is 0 Å². The summed E-state index contributed by atoms with van der Waals surface area (Å²) < 4.78 is 0. The number of likely N-dealkylation sites (tertiary alicyclic amines) is 1. The fourth-order valence-corrected chi connectivity index (χ4v) is 3.79. The van der Waals surface area contributed by atoms with Crippen LogP contribution < -0.4 is 16.8 Å². The van der Waals surface area contributed by atoms with Crippen molar-refractivity contribution in [1.29, 1.82) is 0 Å². The standard InChI is InChI=1S/C18H25N7/c1-12-9-13(10-25-7-3-2-4-8-25)5-6-14(12)18(20)23-16(19)15-17(24-18)22-11-21-15/h5-6,9,11,24H,2-4,7-8,10,20H2,1H3,(H2,19,23)(H,21,22). The first-order valence-corrected chi connectivity index (χ1v) is 8.84. The lowest BCUT2D eigenvalue weighted by Gasteiger charge is -2.32. The maximum Gasteiger partial charge on any atom is 0.212 e. The summed E-state index contributed by atoms with van der Waals surface area (Å²) in [5.41, 5.74) is 16.6. The summed E-state index contributed by atoms with van der Waals surface area (Å²) in [7, 11) is 0. The number of hydrogen-bond donors (Lipinski definition) is 4. The monoisotopic (exact) mass is 339 g/mol. The van der Waals surface area contributed by atoms with Gasteiger partial charge in [-0.1, -0.05) is 24.6 Å². The summed E-state index contributed by atoms with van der Waals surface area (Å²) in [6.07, 6.45) is 5.53. The molecule has 0 saturated carbocycles. The summed E-state index contributed by atoms with van der Waals surface area (Å²) in [4.78, 5) is 14.2. The quantitative estimate of drug-likeness (QED) is 0.679. The summed E-state index contributed by atoms with van der Waals surface area (Å²) in [6.45, 7) is 5.43. The van der Waals surface area contributed by atoms with Crippen LogP contribution in [0.4, 0.5) is 5.82 Å². The number of aliphatic imine (C=N–C) groups is 1. The van der Waals surface area contributed by atoms with E-state index in [0.29, 0.717) is 17.3 Å². The minimum Gasteiger partial charge on any atom is -0.382 e. The Bertz CT molecular complexity index is 804. The van der Waals surface area contributed by atoms with Gasteiger partial charge in [-0.15, -0.1) is 0 Å². The van der Waals surface area contributed by atoms with E-state index in [9.17, 15) is 0 Å². The van der Waals surface area contributed by atoms with Gasteiger partial charge in [0, 0.05) is 12.1 Å². The van der Waals surface area contributed by atoms with E-state index in [0.717, 1.165) is 17.7 Å². The Morgan fingerprint density at radius 1 is 1.24 bits per heavy atom. The summed E-state index contributed by atoms with van der Waals surface area (Å²) in [6, 6.07) is 6.39. The highest BCUT2D eigenvalue weighted by Gasteiger charge is 2.34. The minimum atomic E-state index is -1.10. The average Bonchev–Trinajstić information content (AvgIpc) is 3.04. The van der Waals surface area contributed by atoms with Gasteiger partial charge in [-0.25, -0.2) is 9.98 Å². The molecular weight excluding hydrogens is 314 g/mol. The van der Waals surface area contributed by atoms with Crippen molar-refractivity contribution in [3.05, 3.63) is 46.9 Å². The third kappa shape index (κ3) is 3.01. The molecule has 25 heavy (non-hydrogen) atoms. The van der Waals surface area contributed by atoms with Crippen molar-refractivity contribution in [2.24, 2.45) is 16.5 Å². The van der Waals surface area contributed by atoms with Crippen molar-refractivity contribution >= 4 is 11.7 Å². The van der Waals surface area contributed by atoms with Gasteiger partial charge < -0.3 is 16.0 Å². The lowest BCUT2D eigenvalue weighted by atomic mass is 9.98. The molecule has 4 rings (SSSR count). The molecule has 1 atom stereocenters. The lowest BCUT2D eigenvalue weighted by molar-refractivity contribution is 0.221. The topological polar surface area (TPSA) is 108 Å². The van der Waals surface area contributed by atoms with Crippen molar-refractivity contribution in [3.63, 3.8) is 0 Å². The second-order valence-electron chi connectivity index (χ2n) is 7.00. The van der Waals surface area contributed by atoms with Crippen LogP contribution in [-0.2, 0) is 12.3 Å². The van der Waals surface area contributed by atoms with E-state index in [1.54, 1.807) is 6.33 Å². The molecule has 1 aromatic carbocycles. The first-order chi connectivity index (χ1) is 12.0. The van der Waals surface area contributed by atoms with Crippen molar-refractivity contribution in [2.75, 3.05) is 18.4 Å². The number of imidazole rings is 1. The number of fused-ring (bicyclic) bond motifs is 1. The van der Waals surface area contributed by atoms with E-state index in [1.807, 2.05) is 0 Å². The fraction of sp³-hybridized carbons (Fsp3) is 0.444. The zero-order valence-electron chi connectivity index (χ0n) is 14.5. The number of nitrogens with zero attached hydrogens (tertiary/aromatic N) is 3. The van der Waals surface area contributed by atoms with Gasteiger partial charge in [-0.3, -0.25) is 10.6 Å². The Labute approximate surface area is 147 Å². The lowest BCUT2D eigenvalue weighted by Crippen LogP contribution is -2.48. The summed E-state index contributed by atoms with van der Waals surface area (Å²) >= 11 is 0. The van der Waals surface area contributed by atoms with Crippen LogP contribution in [0.3, 0.4) is 0 Å². The smallest absolute Gasteiger partial charge is 0.212 e. The van der Waals surface area contributed by atoms with Gasteiger partial charge >= 0.3 is 0 Å². The number of nitrogens with one attached hydrogen (secondary N) is 2. The van der Waals surface area contributed by atoms with Crippen LogP contribution in [0.1, 0.15) is 41.6 Å². The van der Waals surface area contributed by atoms with Crippen molar-refractivity contribution in [3.8, 4) is 0 Å². The van der Waals surface area contributed by atoms with Gasteiger partial charge in [0.15, 0.2) is 11.7 Å². The fourth-order valence-electron chi connectivity index (χ4n) is 3.79. The largest absolute Gasteiger partial charge is 0.382 e. The third-order valence-electron chi connectivity index (χ3n) is 5.06. The van der Waals surface area contributed by atoms with E-state index in [1.165, 1.54) is 37.9 Å². The van der Waals surface area contributed by atoms with Gasteiger partial charge in [0.1, 0.15) is 5.69 Å². The molecule has 0 amide bonds. The van der Waals surface area contributed by atoms with Crippen molar-refractivity contribution in [2.45, 2.75) is 38.5 Å². The zero-order valence-corrected chi connectivity index (χ0v) is 14.5. The van der Waals surface area contributed by atoms with Crippen LogP contribution in [0.2, 0.25) is 0 Å². The van der Waals surface area contributed by atoms with Gasteiger partial charge in [0.05, 0.1) is 6.33 Å². The molecule has 2 aromatic rings. The van der Waals surface area contributed by atoms with Gasteiger partial charge in [0.25, 0.3) is 0 Å². The second-order valence-corrected chi connectivity index (χ2v) is 7.00. The van der Waals surface area contributed by atoms with Crippen LogP contribution in [0, 0.1) is 6.92 Å². The van der Waals surface area contributed by atoms with Gasteiger partial charge in [0.2, 0.25) is 5.79 Å². The summed E-state index contributed by atoms with van der Waals surface area (Å²) in [5.74, 6) is -0.0997. The van der Waals surface area contributed by atoms with E-state index in [-0.39, 0.29) is 0 Å².